The highest BCUT2D eigenvalue weighted by atomic mass is 32.2. The van der Waals surface area contributed by atoms with Crippen molar-refractivity contribution in [3.05, 3.63) is 102 Å². The Morgan fingerprint density at radius 2 is 1.35 bits per heavy atom. The molecule has 95 heavy (non-hydrogen) atoms. The third-order valence-corrected chi connectivity index (χ3v) is 16.7. The van der Waals surface area contributed by atoms with Crippen LogP contribution in [0.5, 0.6) is 17.2 Å². The molecule has 0 aliphatic carbocycles. The summed E-state index contributed by atoms with van der Waals surface area (Å²) in [6, 6.07) is 11.5. The van der Waals surface area contributed by atoms with Gasteiger partial charge in [0.05, 0.1) is 43.5 Å². The van der Waals surface area contributed by atoms with Crippen LogP contribution in [0, 0.1) is 5.92 Å². The van der Waals surface area contributed by atoms with Crippen molar-refractivity contribution in [2.24, 2.45) is 11.7 Å². The first kappa shape index (κ1) is 72.0. The summed E-state index contributed by atoms with van der Waals surface area (Å²) in [5.41, 5.74) is 7.88. The third-order valence-electron chi connectivity index (χ3n) is 16.3. The van der Waals surface area contributed by atoms with Crippen LogP contribution in [0.3, 0.4) is 0 Å². The van der Waals surface area contributed by atoms with Crippen molar-refractivity contribution in [2.75, 3.05) is 26.2 Å². The highest BCUT2D eigenvalue weighted by Gasteiger charge is 2.50. The molecule has 3 fully saturated rings. The van der Waals surface area contributed by atoms with E-state index in [1.165, 1.54) is 37.6 Å². The fourth-order valence-corrected chi connectivity index (χ4v) is 11.4. The van der Waals surface area contributed by atoms with Crippen molar-refractivity contribution in [1.82, 2.24) is 46.6 Å². The van der Waals surface area contributed by atoms with E-state index < -0.39 is 183 Å². The lowest BCUT2D eigenvalue weighted by Gasteiger charge is -2.34. The lowest BCUT2D eigenvalue weighted by Crippen LogP contribution is -2.64. The molecule has 5 aromatic rings. The largest absolute Gasteiger partial charge is 0.504 e. The smallest absolute Gasteiger partial charge is 0.261 e. The fourth-order valence-electron chi connectivity index (χ4n) is 11.2. The number of nitrogens with one attached hydrogen (secondary N) is 5. The number of hydrogen-bond acceptors (Lipinski definition) is 25. The Morgan fingerprint density at radius 1 is 0.737 bits per heavy atom. The van der Waals surface area contributed by atoms with Crippen LogP contribution in [-0.4, -0.2) is 212 Å². The predicted octanol–water partition coefficient (Wildman–Crippen LogP) is -0.587. The van der Waals surface area contributed by atoms with E-state index in [1.54, 1.807) is 0 Å². The van der Waals surface area contributed by atoms with Gasteiger partial charge in [0.1, 0.15) is 54.2 Å². The van der Waals surface area contributed by atoms with Gasteiger partial charge in [-0.05, 0) is 90.7 Å². The van der Waals surface area contributed by atoms with Crippen LogP contribution in [0.4, 0.5) is 0 Å². The number of primary amides is 1. The third kappa shape index (κ3) is 18.1. The first-order valence-corrected chi connectivity index (χ1v) is 31.1. The Morgan fingerprint density at radius 3 is 1.98 bits per heavy atom. The SMILES string of the molecule is CCCCCCOc1ccc(-c2ccc(-c3nnc(-c4ccc(C(=O)NC5CC(O)CNC(=O)C6C(O)C(C)CN6C(=O)C(C(O)CC(N)=O)NC(=O)C(C(O)C(O)c6ccc(O)c(OSOOO)c6)NC(=O)C6CC(O)CN6C(=O)C(C(C)O)NC5=O)cc4)o3)cc2)cc1. The van der Waals surface area contributed by atoms with Gasteiger partial charge in [-0.15, -0.1) is 10.2 Å². The summed E-state index contributed by atoms with van der Waals surface area (Å²) in [4.78, 5) is 115. The van der Waals surface area contributed by atoms with Gasteiger partial charge in [0, 0.05) is 55.1 Å². The van der Waals surface area contributed by atoms with Gasteiger partial charge in [-0.1, -0.05) is 72.8 Å². The van der Waals surface area contributed by atoms with E-state index in [9.17, 15) is 79.2 Å². The zero-order chi connectivity index (χ0) is 68.8. The quantitative estimate of drug-likeness (QED) is 0.0178. The highest BCUT2D eigenvalue weighted by molar-refractivity contribution is 7.90. The molecule has 0 saturated carbocycles. The second-order valence-corrected chi connectivity index (χ2v) is 23.8. The molecular weight excluding hydrogens is 1270 g/mol. The molecule has 0 bridgehead atoms. The molecule has 16 N–H and O–H groups in total. The van der Waals surface area contributed by atoms with Crippen molar-refractivity contribution in [3.63, 3.8) is 0 Å². The van der Waals surface area contributed by atoms with Crippen molar-refractivity contribution < 1.29 is 107 Å². The van der Waals surface area contributed by atoms with Crippen molar-refractivity contribution in [3.8, 4) is 51.3 Å². The Hall–Kier alpha value is -8.87. The minimum Gasteiger partial charge on any atom is -0.504 e. The molecule has 4 aromatic carbocycles. The van der Waals surface area contributed by atoms with Crippen LogP contribution in [0.1, 0.15) is 87.7 Å². The van der Waals surface area contributed by atoms with Gasteiger partial charge in [-0.2, -0.15) is 0 Å². The van der Waals surface area contributed by atoms with Crippen molar-refractivity contribution in [1.29, 1.82) is 0 Å². The summed E-state index contributed by atoms with van der Waals surface area (Å²) >= 11 is -0.0265. The topological polar surface area (TPSA) is 487 Å². The van der Waals surface area contributed by atoms with E-state index in [0.29, 0.717) is 17.7 Å². The summed E-state index contributed by atoms with van der Waals surface area (Å²) in [6.07, 6.45) is -11.8. The van der Waals surface area contributed by atoms with E-state index in [0.717, 1.165) is 71.1 Å². The van der Waals surface area contributed by atoms with Gasteiger partial charge in [-0.3, -0.25) is 38.4 Å². The van der Waals surface area contributed by atoms with E-state index in [1.807, 2.05) is 48.5 Å². The monoisotopic (exact) mass is 1340 g/mol. The second kappa shape index (κ2) is 33.0. The molecule has 3 aliphatic heterocycles. The van der Waals surface area contributed by atoms with Crippen LogP contribution >= 0.6 is 12.3 Å². The van der Waals surface area contributed by atoms with Gasteiger partial charge in [0.2, 0.25) is 53.1 Å². The molecular formula is C62H76N10O22S. The zero-order valence-corrected chi connectivity index (χ0v) is 52.4. The van der Waals surface area contributed by atoms with Crippen LogP contribution in [0.15, 0.2) is 95.4 Å². The summed E-state index contributed by atoms with van der Waals surface area (Å²) in [5.74, 6) is -11.0. The maximum absolute atomic E-state index is 14.7. The Kier molecular flexibility index (Phi) is 25.0. The van der Waals surface area contributed by atoms with Crippen molar-refractivity contribution >= 4 is 59.6 Å². The molecule has 1 aromatic heterocycles. The highest BCUT2D eigenvalue weighted by Crippen LogP contribution is 2.35. The average molecular weight is 1350 g/mol. The molecule has 8 amide bonds. The number of nitrogens with two attached hydrogens (primary N) is 1. The summed E-state index contributed by atoms with van der Waals surface area (Å²) in [6.45, 7) is 3.45. The van der Waals surface area contributed by atoms with E-state index >= 15 is 0 Å². The number of rotatable bonds is 22. The van der Waals surface area contributed by atoms with Crippen LogP contribution in [-0.2, 0) is 42.9 Å². The fraction of sp³-hybridized carbons (Fsp3) is 0.452. The second-order valence-electron chi connectivity index (χ2n) is 23.4. The van der Waals surface area contributed by atoms with E-state index in [-0.39, 0.29) is 35.2 Å². The normalized spacial score (nSPS) is 24.5. The lowest BCUT2D eigenvalue weighted by atomic mass is 9.96. The molecule has 14 unspecified atom stereocenters. The van der Waals surface area contributed by atoms with E-state index in [4.69, 9.17) is 24.3 Å². The molecule has 0 radical (unpaired) electrons. The summed E-state index contributed by atoms with van der Waals surface area (Å²) in [7, 11) is 0. The molecule has 3 aliphatic rings. The number of aromatic hydroxyl groups is 1. The first-order chi connectivity index (χ1) is 45.4. The number of phenols is 1. The molecule has 32 nitrogen and oxygen atoms in total. The number of benzene rings is 4. The zero-order valence-electron chi connectivity index (χ0n) is 51.6. The number of fused-ring (bicyclic) bond motifs is 2. The van der Waals surface area contributed by atoms with Crippen molar-refractivity contribution in [2.45, 2.75) is 145 Å². The van der Waals surface area contributed by atoms with Gasteiger partial charge in [0.25, 0.3) is 18.2 Å². The molecule has 512 valence electrons. The predicted molar refractivity (Wildman–Crippen MR) is 331 cm³/mol. The van der Waals surface area contributed by atoms with E-state index in [2.05, 4.69) is 53.1 Å². The Balaban J connectivity index is 1.06. The first-order valence-electron chi connectivity index (χ1n) is 30.4. The number of hydrogen-bond donors (Lipinski definition) is 15. The number of β-amino-alcohol motifs (C(OH)–C–C–N with tert-alkyl or cyclic N) is 1. The number of aliphatic hydroxyl groups excluding tert-OH is 7. The molecule has 8 rings (SSSR count). The van der Waals surface area contributed by atoms with Gasteiger partial charge in [0.15, 0.2) is 11.5 Å². The van der Waals surface area contributed by atoms with Gasteiger partial charge < -0.3 is 96.3 Å². The van der Waals surface area contributed by atoms with Crippen LogP contribution < -0.4 is 41.2 Å². The number of ether oxygens (including phenoxy) is 1. The number of carbonyl (C=O) groups excluding carboxylic acids is 8. The number of nitrogens with zero attached hydrogens (tertiary/aromatic N) is 4. The minimum atomic E-state index is -2.54. The number of carbonyl (C=O) groups is 8. The number of aromatic nitrogens is 2. The standard InChI is InChI=1S/C62H76N10O22S/c1-4-5-6-7-22-90-40-19-16-33(17-20-40)32-8-12-35(13-9-32)59-69-70-60(91-59)36-14-10-34(11-15-36)54(82)65-41-24-38(74)27-64-58(86)50-51(79)30(2)28-72(50)62(88)48(44(77)26-46(63)78)67-57(85)49(53(81)52(80)37-18-21-43(76)45(23-37)92-95-94-93-89)68-56(84)42-25-39(75)29-71(42)61(87)47(31(3)73)66-55(41)83/h8-21,23,30-31,38-39,41-42,44,47-53,73-77,79-81,89H,4-7,22,24-29H2,1-3H3,(H2,63,78)(H,64,86)(H,65,82)(H,66,83)(H,67,85)(H,68,84). The summed E-state index contributed by atoms with van der Waals surface area (Å²) in [5, 5.41) is 122. The van der Waals surface area contributed by atoms with Crippen LogP contribution in [0.2, 0.25) is 0 Å². The van der Waals surface area contributed by atoms with Crippen LogP contribution in [0.25, 0.3) is 34.0 Å². The molecule has 14 atom stereocenters. The maximum atomic E-state index is 14.7. The number of amides is 8. The Bertz CT molecular complexity index is 3490. The average Bonchev–Trinajstić information content (AvgIpc) is 1.72. The summed E-state index contributed by atoms with van der Waals surface area (Å²) < 4.78 is 21.1. The number of aliphatic hydroxyl groups is 7. The molecule has 3 saturated heterocycles. The number of phenolic OH excluding ortho intramolecular Hbond substituents is 1. The molecule has 4 heterocycles. The maximum Gasteiger partial charge on any atom is 0.261 e. The molecule has 33 heteroatoms. The molecule has 0 spiro atoms. The van der Waals surface area contributed by atoms with Gasteiger partial charge in [-0.25, -0.2) is 5.26 Å². The lowest BCUT2D eigenvalue weighted by molar-refractivity contribution is -0.433. The Labute approximate surface area is 547 Å². The number of unbranched alkanes of at least 4 members (excludes halogenated alkanes) is 3. The minimum absolute atomic E-state index is 0.0265. The van der Waals surface area contributed by atoms with Gasteiger partial charge >= 0.3 is 0 Å².